The van der Waals surface area contributed by atoms with Crippen molar-refractivity contribution in [2.24, 2.45) is 11.7 Å². The first-order valence-corrected chi connectivity index (χ1v) is 9.05. The van der Waals surface area contributed by atoms with E-state index in [1.807, 2.05) is 0 Å². The van der Waals surface area contributed by atoms with Gasteiger partial charge in [0.2, 0.25) is 0 Å². The van der Waals surface area contributed by atoms with Crippen molar-refractivity contribution in [3.05, 3.63) is 0 Å². The Morgan fingerprint density at radius 1 is 0.579 bits per heavy atom. The van der Waals surface area contributed by atoms with Gasteiger partial charge in [0.05, 0.1) is 0 Å². The summed E-state index contributed by atoms with van der Waals surface area (Å²) in [6, 6.07) is 0. The zero-order chi connectivity index (χ0) is 14.2. The van der Waals surface area contributed by atoms with Crippen LogP contribution in [0.1, 0.15) is 104 Å². The fourth-order valence-corrected chi connectivity index (χ4v) is 2.99. The summed E-state index contributed by atoms with van der Waals surface area (Å²) in [6.07, 6.45) is 19.8. The maximum Gasteiger partial charge on any atom is -0.00772 e. The summed E-state index contributed by atoms with van der Waals surface area (Å²) in [5.74, 6) is 0.957. The average Bonchev–Trinajstić information content (AvgIpc) is 2.42. The molecule has 1 nitrogen and oxygen atoms in total. The molecule has 0 aromatic heterocycles. The minimum Gasteiger partial charge on any atom is -0.330 e. The van der Waals surface area contributed by atoms with Crippen LogP contribution in [0.3, 0.4) is 0 Å². The molecule has 0 aliphatic rings. The second kappa shape index (κ2) is 16.0. The molecule has 19 heavy (non-hydrogen) atoms. The average molecular weight is 270 g/mol. The minimum absolute atomic E-state index is 0.873. The van der Waals surface area contributed by atoms with E-state index in [9.17, 15) is 0 Å². The predicted molar refractivity (Wildman–Crippen MR) is 88.5 cm³/mol. The van der Waals surface area contributed by atoms with Crippen molar-refractivity contribution in [1.82, 2.24) is 0 Å². The first-order chi connectivity index (χ1) is 9.35. The molecule has 0 aliphatic carbocycles. The fraction of sp³-hybridized carbons (Fsp3) is 1.00. The van der Waals surface area contributed by atoms with Gasteiger partial charge in [-0.3, -0.25) is 0 Å². The molecule has 2 N–H and O–H groups in total. The van der Waals surface area contributed by atoms with Gasteiger partial charge in [-0.25, -0.2) is 0 Å². The van der Waals surface area contributed by atoms with Gasteiger partial charge in [-0.2, -0.15) is 0 Å². The van der Waals surface area contributed by atoms with Gasteiger partial charge in [0.15, 0.2) is 0 Å². The first-order valence-electron chi connectivity index (χ1n) is 9.05. The van der Waals surface area contributed by atoms with Gasteiger partial charge in [-0.05, 0) is 25.3 Å². The summed E-state index contributed by atoms with van der Waals surface area (Å²) in [6.45, 7) is 5.47. The third-order valence-electron chi connectivity index (χ3n) is 4.23. The first kappa shape index (κ1) is 19.0. The van der Waals surface area contributed by atoms with Crippen LogP contribution in [0.25, 0.3) is 0 Å². The second-order valence-corrected chi connectivity index (χ2v) is 6.20. The molecule has 116 valence electrons. The van der Waals surface area contributed by atoms with Crippen molar-refractivity contribution in [3.63, 3.8) is 0 Å². The largest absolute Gasteiger partial charge is 0.330 e. The monoisotopic (exact) mass is 269 g/mol. The summed E-state index contributed by atoms with van der Waals surface area (Å²) >= 11 is 0. The highest BCUT2D eigenvalue weighted by atomic mass is 14.5. The Kier molecular flexibility index (Phi) is 16.0. The van der Waals surface area contributed by atoms with Crippen molar-refractivity contribution in [1.29, 1.82) is 0 Å². The van der Waals surface area contributed by atoms with Crippen molar-refractivity contribution in [2.75, 3.05) is 6.54 Å². The molecule has 1 atom stereocenters. The molecule has 0 amide bonds. The van der Waals surface area contributed by atoms with E-state index in [0.29, 0.717) is 0 Å². The molecule has 0 aromatic rings. The molecule has 0 fully saturated rings. The van der Waals surface area contributed by atoms with E-state index >= 15 is 0 Å². The van der Waals surface area contributed by atoms with E-state index in [4.69, 9.17) is 5.73 Å². The van der Waals surface area contributed by atoms with Crippen molar-refractivity contribution in [3.8, 4) is 0 Å². The maximum absolute atomic E-state index is 5.62. The standard InChI is InChI=1S/C18H39N/c1-3-5-6-7-8-9-10-11-12-15-18(14-4-2)16-13-17-19/h18H,3-17,19H2,1-2H3. The number of unbranched alkanes of at least 4 members (excludes halogenated alkanes) is 8. The van der Waals surface area contributed by atoms with E-state index in [-0.39, 0.29) is 0 Å². The highest BCUT2D eigenvalue weighted by Crippen LogP contribution is 2.21. The lowest BCUT2D eigenvalue weighted by Gasteiger charge is -2.15. The van der Waals surface area contributed by atoms with Gasteiger partial charge >= 0.3 is 0 Å². The van der Waals surface area contributed by atoms with Crippen LogP contribution in [0.5, 0.6) is 0 Å². The van der Waals surface area contributed by atoms with Crippen molar-refractivity contribution >= 4 is 0 Å². The third kappa shape index (κ3) is 14.2. The molecule has 0 spiro atoms. The second-order valence-electron chi connectivity index (χ2n) is 6.20. The highest BCUT2D eigenvalue weighted by molar-refractivity contribution is 4.60. The van der Waals surface area contributed by atoms with Crippen molar-refractivity contribution < 1.29 is 0 Å². The van der Waals surface area contributed by atoms with Gasteiger partial charge in [0.1, 0.15) is 0 Å². The third-order valence-corrected chi connectivity index (χ3v) is 4.23. The quantitative estimate of drug-likeness (QED) is 0.359. The van der Waals surface area contributed by atoms with Crippen LogP contribution in [-0.4, -0.2) is 6.54 Å². The molecule has 0 bridgehead atoms. The molecular formula is C18H39N. The van der Waals surface area contributed by atoms with Gasteiger partial charge in [-0.15, -0.1) is 0 Å². The molecular weight excluding hydrogens is 230 g/mol. The Balaban J connectivity index is 3.29. The number of hydrogen-bond acceptors (Lipinski definition) is 1. The molecule has 0 saturated carbocycles. The highest BCUT2D eigenvalue weighted by Gasteiger charge is 2.06. The Morgan fingerprint density at radius 3 is 1.63 bits per heavy atom. The summed E-state index contributed by atoms with van der Waals surface area (Å²) in [5, 5.41) is 0. The molecule has 1 heteroatoms. The molecule has 0 rings (SSSR count). The van der Waals surface area contributed by atoms with Gasteiger partial charge in [0, 0.05) is 0 Å². The predicted octanol–water partition coefficient (Wildman–Crippen LogP) is 6.06. The molecule has 0 heterocycles. The lowest BCUT2D eigenvalue weighted by molar-refractivity contribution is 0.386. The minimum atomic E-state index is 0.873. The lowest BCUT2D eigenvalue weighted by Crippen LogP contribution is -2.05. The lowest BCUT2D eigenvalue weighted by atomic mass is 9.92. The summed E-state index contributed by atoms with van der Waals surface area (Å²) in [7, 11) is 0. The van der Waals surface area contributed by atoms with Crippen LogP contribution in [0, 0.1) is 5.92 Å². The summed E-state index contributed by atoms with van der Waals surface area (Å²) < 4.78 is 0. The molecule has 0 saturated heterocycles. The van der Waals surface area contributed by atoms with Gasteiger partial charge in [0.25, 0.3) is 0 Å². The van der Waals surface area contributed by atoms with Crippen LogP contribution < -0.4 is 5.73 Å². The van der Waals surface area contributed by atoms with Gasteiger partial charge < -0.3 is 5.73 Å². The van der Waals surface area contributed by atoms with E-state index < -0.39 is 0 Å². The Bertz CT molecular complexity index is 156. The Hall–Kier alpha value is -0.0400. The number of hydrogen-bond donors (Lipinski definition) is 1. The fourth-order valence-electron chi connectivity index (χ4n) is 2.99. The van der Waals surface area contributed by atoms with Crippen LogP contribution >= 0.6 is 0 Å². The van der Waals surface area contributed by atoms with Gasteiger partial charge in [-0.1, -0.05) is 90.9 Å². The Morgan fingerprint density at radius 2 is 1.11 bits per heavy atom. The van der Waals surface area contributed by atoms with Crippen LogP contribution in [0.2, 0.25) is 0 Å². The summed E-state index contributed by atoms with van der Waals surface area (Å²) in [5.41, 5.74) is 5.62. The normalized spacial score (nSPS) is 12.8. The number of nitrogens with two attached hydrogens (primary N) is 1. The SMILES string of the molecule is CCCCCCCCCCCC(CCC)CCCN. The van der Waals surface area contributed by atoms with Crippen LogP contribution in [0.15, 0.2) is 0 Å². The number of rotatable bonds is 15. The zero-order valence-electron chi connectivity index (χ0n) is 13.8. The molecule has 0 aromatic carbocycles. The van der Waals surface area contributed by atoms with E-state index in [2.05, 4.69) is 13.8 Å². The summed E-state index contributed by atoms with van der Waals surface area (Å²) in [4.78, 5) is 0. The maximum atomic E-state index is 5.62. The van der Waals surface area contributed by atoms with E-state index in [1.165, 1.54) is 89.9 Å². The smallest absolute Gasteiger partial charge is 0.00772 e. The zero-order valence-corrected chi connectivity index (χ0v) is 13.8. The van der Waals surface area contributed by atoms with Crippen LogP contribution in [0.4, 0.5) is 0 Å². The van der Waals surface area contributed by atoms with Crippen molar-refractivity contribution in [2.45, 2.75) is 104 Å². The molecule has 0 aliphatic heterocycles. The topological polar surface area (TPSA) is 26.0 Å². The van der Waals surface area contributed by atoms with Crippen LogP contribution in [-0.2, 0) is 0 Å². The molecule has 0 radical (unpaired) electrons. The Labute approximate surface area is 122 Å². The molecule has 1 unspecified atom stereocenters. The van der Waals surface area contributed by atoms with E-state index in [1.54, 1.807) is 0 Å². The van der Waals surface area contributed by atoms with E-state index in [0.717, 1.165) is 12.5 Å².